The SMILES string of the molecule is C=C[C@]1(C)C[C@@H](OC(=O)CO[Si](c2ccccc2)(c2ccccc2)C(C)(C)C)[C@@]2(C)C(=O)[C@](CCC(=O)O)(CCC2C)[C@@H](C)[C@@H]1OCOC. The van der Waals surface area contributed by atoms with Gasteiger partial charge in [-0.1, -0.05) is 108 Å². The van der Waals surface area contributed by atoms with E-state index in [1.54, 1.807) is 7.11 Å². The van der Waals surface area contributed by atoms with Crippen LogP contribution in [0.15, 0.2) is 73.3 Å². The number of hydrogen-bond donors (Lipinski definition) is 1. The van der Waals surface area contributed by atoms with Crippen molar-refractivity contribution in [3.63, 3.8) is 0 Å². The summed E-state index contributed by atoms with van der Waals surface area (Å²) in [6, 6.07) is 20.2. The number of rotatable bonds is 13. The van der Waals surface area contributed by atoms with Gasteiger partial charge in [-0.05, 0) is 59.9 Å². The number of ketones is 1. The Bertz CT molecular complexity index is 1430. The maximum Gasteiger partial charge on any atom is 0.331 e. The fourth-order valence-electron chi connectivity index (χ4n) is 8.89. The first-order chi connectivity index (χ1) is 23.0. The molecule has 0 heterocycles. The largest absolute Gasteiger partial charge is 0.481 e. The van der Waals surface area contributed by atoms with E-state index in [1.165, 1.54) is 0 Å². The van der Waals surface area contributed by atoms with Crippen molar-refractivity contribution in [2.75, 3.05) is 20.5 Å². The molecule has 2 aromatic carbocycles. The molecule has 1 N–H and O–H groups in total. The van der Waals surface area contributed by atoms with Gasteiger partial charge in [0.1, 0.15) is 25.3 Å². The highest BCUT2D eigenvalue weighted by molar-refractivity contribution is 6.99. The van der Waals surface area contributed by atoms with Crippen molar-refractivity contribution in [2.45, 2.75) is 97.8 Å². The number of carboxylic acid groups (broad SMARTS) is 1. The van der Waals surface area contributed by atoms with Crippen molar-refractivity contribution in [1.82, 2.24) is 0 Å². The lowest BCUT2D eigenvalue weighted by Gasteiger charge is -2.59. The first-order valence-corrected chi connectivity index (χ1v) is 19.4. The van der Waals surface area contributed by atoms with Gasteiger partial charge < -0.3 is 23.7 Å². The maximum absolute atomic E-state index is 15.1. The molecular formula is C40H56O8Si. The van der Waals surface area contributed by atoms with Crippen LogP contribution in [-0.2, 0) is 33.0 Å². The zero-order valence-electron chi connectivity index (χ0n) is 30.6. The normalized spacial score (nSPS) is 30.6. The molecule has 0 amide bonds. The van der Waals surface area contributed by atoms with Gasteiger partial charge in [0.25, 0.3) is 8.32 Å². The molecule has 7 atom stereocenters. The van der Waals surface area contributed by atoms with Crippen LogP contribution in [0.2, 0.25) is 5.04 Å². The average molecular weight is 693 g/mol. The molecule has 0 radical (unpaired) electrons. The summed E-state index contributed by atoms with van der Waals surface area (Å²) in [5.74, 6) is -2.03. The summed E-state index contributed by atoms with van der Waals surface area (Å²) in [7, 11) is -1.50. The van der Waals surface area contributed by atoms with Crippen molar-refractivity contribution in [2.24, 2.45) is 28.1 Å². The van der Waals surface area contributed by atoms with E-state index in [-0.39, 0.29) is 48.9 Å². The molecule has 9 heteroatoms. The molecule has 2 aromatic rings. The second-order valence-corrected chi connectivity index (χ2v) is 20.0. The van der Waals surface area contributed by atoms with Crippen LogP contribution in [0.3, 0.4) is 0 Å². The Kier molecular flexibility index (Phi) is 11.9. The number of carbonyl (C=O) groups excluding carboxylic acids is 2. The van der Waals surface area contributed by atoms with E-state index in [1.807, 2.05) is 70.2 Å². The van der Waals surface area contributed by atoms with Crippen molar-refractivity contribution in [3.05, 3.63) is 73.3 Å². The van der Waals surface area contributed by atoms with E-state index in [4.69, 9.17) is 18.6 Å². The van der Waals surface area contributed by atoms with Gasteiger partial charge >= 0.3 is 11.9 Å². The third kappa shape index (κ3) is 7.09. The van der Waals surface area contributed by atoms with Gasteiger partial charge in [-0.15, -0.1) is 6.58 Å². The minimum Gasteiger partial charge on any atom is -0.481 e. The van der Waals surface area contributed by atoms with E-state index in [0.717, 1.165) is 10.4 Å². The summed E-state index contributed by atoms with van der Waals surface area (Å²) in [6.45, 7) is 18.3. The summed E-state index contributed by atoms with van der Waals surface area (Å²) in [5, 5.41) is 11.5. The standard InChI is InChI=1S/C40H56O8Si/c1-10-38(7)25-32(39(8)28(2)21-23-40(36(39)44,24-22-33(41)42)29(3)35(38)46-27-45-9)48-34(43)26-47-49(37(4,5)6,30-17-13-11-14-18-30)31-19-15-12-16-20-31/h10-20,28-29,32,35H,1,21-27H2,2-9H3,(H,41,42)/t28?,29-,32+,35-,38+,39-,40-/m0/s1. The minimum absolute atomic E-state index is 0.00785. The number of aliphatic carboxylic acids is 1. The molecule has 2 saturated carbocycles. The van der Waals surface area contributed by atoms with Crippen molar-refractivity contribution < 1.29 is 38.1 Å². The number of hydrogen-bond acceptors (Lipinski definition) is 7. The molecule has 8 nitrogen and oxygen atoms in total. The predicted octanol–water partition coefficient (Wildman–Crippen LogP) is 6.55. The zero-order valence-corrected chi connectivity index (χ0v) is 31.6. The van der Waals surface area contributed by atoms with E-state index in [0.29, 0.717) is 19.3 Å². The van der Waals surface area contributed by atoms with E-state index in [9.17, 15) is 14.7 Å². The van der Waals surface area contributed by atoms with Crippen LogP contribution >= 0.6 is 0 Å². The highest BCUT2D eigenvalue weighted by Gasteiger charge is 2.65. The Balaban J connectivity index is 1.78. The lowest BCUT2D eigenvalue weighted by atomic mass is 9.46. The average Bonchev–Trinajstić information content (AvgIpc) is 3.07. The number of esters is 1. The van der Waals surface area contributed by atoms with Crippen molar-refractivity contribution in [1.29, 1.82) is 0 Å². The Labute approximate surface area is 293 Å². The quantitative estimate of drug-likeness (QED) is 0.109. The summed E-state index contributed by atoms with van der Waals surface area (Å²) in [4.78, 5) is 41.2. The first kappa shape index (κ1) is 38.7. The van der Waals surface area contributed by atoms with Crippen LogP contribution in [0, 0.1) is 28.1 Å². The topological polar surface area (TPSA) is 108 Å². The lowest BCUT2D eigenvalue weighted by Crippen LogP contribution is -2.67. The summed E-state index contributed by atoms with van der Waals surface area (Å²) in [6.07, 6.45) is 1.96. The molecule has 0 aliphatic heterocycles. The Hall–Kier alpha value is -3.11. The summed E-state index contributed by atoms with van der Waals surface area (Å²) in [5.41, 5.74) is -2.82. The predicted molar refractivity (Wildman–Crippen MR) is 193 cm³/mol. The Morgan fingerprint density at radius 3 is 2.08 bits per heavy atom. The van der Waals surface area contributed by atoms with Crippen LogP contribution in [0.4, 0.5) is 0 Å². The number of benzene rings is 2. The fraction of sp³-hybridized carbons (Fsp3) is 0.575. The van der Waals surface area contributed by atoms with Crippen molar-refractivity contribution in [3.8, 4) is 0 Å². The van der Waals surface area contributed by atoms with Gasteiger partial charge in [0, 0.05) is 24.4 Å². The molecule has 2 bridgehead atoms. The van der Waals surface area contributed by atoms with Gasteiger partial charge in [-0.2, -0.15) is 0 Å². The minimum atomic E-state index is -3.04. The van der Waals surface area contributed by atoms with Crippen LogP contribution in [0.5, 0.6) is 0 Å². The van der Waals surface area contributed by atoms with Crippen molar-refractivity contribution >= 4 is 36.4 Å². The number of carboxylic acids is 1. The van der Waals surface area contributed by atoms with Gasteiger partial charge in [0.15, 0.2) is 0 Å². The smallest absolute Gasteiger partial charge is 0.331 e. The molecule has 268 valence electrons. The van der Waals surface area contributed by atoms with E-state index < -0.39 is 48.7 Å². The van der Waals surface area contributed by atoms with Crippen LogP contribution in [-0.4, -0.2) is 63.9 Å². The number of Topliss-reactive ketones (excluding diaryl/α,β-unsaturated/α-hetero) is 1. The molecule has 2 fully saturated rings. The fourth-order valence-corrected chi connectivity index (χ4v) is 13.4. The summed E-state index contributed by atoms with van der Waals surface area (Å²) < 4.78 is 25.1. The van der Waals surface area contributed by atoms with Crippen LogP contribution < -0.4 is 10.4 Å². The number of fused-ring (bicyclic) bond motifs is 2. The molecule has 1 unspecified atom stereocenters. The van der Waals surface area contributed by atoms with Gasteiger partial charge in [0.2, 0.25) is 0 Å². The molecule has 2 aliphatic carbocycles. The van der Waals surface area contributed by atoms with Gasteiger partial charge in [-0.25, -0.2) is 4.79 Å². The lowest BCUT2D eigenvalue weighted by molar-refractivity contribution is -0.206. The van der Waals surface area contributed by atoms with Crippen LogP contribution in [0.1, 0.15) is 80.6 Å². The Morgan fingerprint density at radius 2 is 1.59 bits per heavy atom. The second kappa shape index (κ2) is 15.0. The number of ether oxygens (including phenoxy) is 3. The second-order valence-electron chi connectivity index (χ2n) is 15.7. The first-order valence-electron chi connectivity index (χ1n) is 17.5. The van der Waals surface area contributed by atoms with Gasteiger partial charge in [-0.3, -0.25) is 9.59 Å². The number of carbonyl (C=O) groups is 3. The Morgan fingerprint density at radius 1 is 1.02 bits per heavy atom. The zero-order chi connectivity index (χ0) is 36.3. The molecular weight excluding hydrogens is 637 g/mol. The molecule has 0 saturated heterocycles. The third-order valence-electron chi connectivity index (χ3n) is 12.0. The monoisotopic (exact) mass is 692 g/mol. The molecule has 0 aromatic heterocycles. The highest BCUT2D eigenvalue weighted by Crippen LogP contribution is 2.60. The maximum atomic E-state index is 15.1. The molecule has 49 heavy (non-hydrogen) atoms. The van der Waals surface area contributed by atoms with Crippen LogP contribution in [0.25, 0.3) is 0 Å². The molecule has 0 spiro atoms. The third-order valence-corrected chi connectivity index (χ3v) is 17.0. The van der Waals surface area contributed by atoms with Gasteiger partial charge in [0.05, 0.1) is 11.5 Å². The molecule has 2 aliphatic rings. The highest BCUT2D eigenvalue weighted by atomic mass is 28.4. The number of methoxy groups -OCH3 is 1. The van der Waals surface area contributed by atoms with E-state index >= 15 is 4.79 Å². The van der Waals surface area contributed by atoms with E-state index in [2.05, 4.69) is 51.6 Å². The summed E-state index contributed by atoms with van der Waals surface area (Å²) >= 11 is 0. The molecule has 4 rings (SSSR count).